The SMILES string of the molecule is O=c1cc(-c2ccccc2)c2ccc(Oc3ccc4nnc(C(F)F)n4n3)cc2o1. The molecular formula is C21H12F2N4O3. The molecule has 0 saturated carbocycles. The molecule has 0 spiro atoms. The van der Waals surface area contributed by atoms with Crippen LogP contribution in [0.15, 0.2) is 75.9 Å². The molecule has 0 saturated heterocycles. The minimum absolute atomic E-state index is 0.0603. The average Bonchev–Trinajstić information content (AvgIpc) is 3.17. The van der Waals surface area contributed by atoms with E-state index in [0.29, 0.717) is 11.3 Å². The van der Waals surface area contributed by atoms with Crippen LogP contribution < -0.4 is 10.4 Å². The maximum atomic E-state index is 13.0. The molecule has 0 aliphatic heterocycles. The molecule has 30 heavy (non-hydrogen) atoms. The molecule has 0 atom stereocenters. The van der Waals surface area contributed by atoms with Gasteiger partial charge in [-0.1, -0.05) is 30.3 Å². The number of hydrogen-bond donors (Lipinski definition) is 0. The Labute approximate surface area is 167 Å². The van der Waals surface area contributed by atoms with E-state index in [1.165, 1.54) is 18.2 Å². The molecule has 7 nitrogen and oxygen atoms in total. The zero-order chi connectivity index (χ0) is 20.7. The smallest absolute Gasteiger partial charge is 0.336 e. The van der Waals surface area contributed by atoms with Crippen LogP contribution in [0.4, 0.5) is 8.78 Å². The Hall–Kier alpha value is -4.14. The molecule has 0 radical (unpaired) electrons. The molecule has 0 unspecified atom stereocenters. The van der Waals surface area contributed by atoms with Crippen molar-refractivity contribution in [3.05, 3.63) is 83.0 Å². The Morgan fingerprint density at radius 2 is 1.80 bits per heavy atom. The maximum absolute atomic E-state index is 13.0. The zero-order valence-electron chi connectivity index (χ0n) is 15.2. The largest absolute Gasteiger partial charge is 0.437 e. The van der Waals surface area contributed by atoms with Crippen LogP contribution in [0.25, 0.3) is 27.7 Å². The van der Waals surface area contributed by atoms with Gasteiger partial charge in [0.15, 0.2) is 5.65 Å². The van der Waals surface area contributed by atoms with Gasteiger partial charge >= 0.3 is 5.63 Å². The van der Waals surface area contributed by atoms with Crippen molar-refractivity contribution in [2.45, 2.75) is 6.43 Å². The second-order valence-electron chi connectivity index (χ2n) is 6.41. The van der Waals surface area contributed by atoms with Crippen LogP contribution in [0.2, 0.25) is 0 Å². The molecule has 2 aromatic carbocycles. The summed E-state index contributed by atoms with van der Waals surface area (Å²) >= 11 is 0. The Kier molecular flexibility index (Phi) is 4.20. The van der Waals surface area contributed by atoms with Gasteiger partial charge in [-0.2, -0.15) is 4.52 Å². The number of aromatic nitrogens is 4. The summed E-state index contributed by atoms with van der Waals surface area (Å²) in [6, 6.07) is 18.8. The minimum atomic E-state index is -2.82. The first-order valence-electron chi connectivity index (χ1n) is 8.90. The fourth-order valence-electron chi connectivity index (χ4n) is 3.16. The lowest BCUT2D eigenvalue weighted by Crippen LogP contribution is -2.01. The van der Waals surface area contributed by atoms with Gasteiger partial charge in [0.05, 0.1) is 0 Å². The van der Waals surface area contributed by atoms with E-state index in [9.17, 15) is 13.6 Å². The van der Waals surface area contributed by atoms with Crippen LogP contribution in [-0.4, -0.2) is 19.8 Å². The van der Waals surface area contributed by atoms with Gasteiger partial charge < -0.3 is 9.15 Å². The fraction of sp³-hybridized carbons (Fsp3) is 0.0476. The number of rotatable bonds is 4. The van der Waals surface area contributed by atoms with Crippen LogP contribution in [0.1, 0.15) is 12.2 Å². The number of halogens is 2. The highest BCUT2D eigenvalue weighted by Gasteiger charge is 2.17. The van der Waals surface area contributed by atoms with E-state index >= 15 is 0 Å². The molecule has 0 aliphatic rings. The molecule has 148 valence electrons. The van der Waals surface area contributed by atoms with Crippen molar-refractivity contribution in [1.29, 1.82) is 0 Å². The van der Waals surface area contributed by atoms with Gasteiger partial charge in [-0.25, -0.2) is 13.6 Å². The highest BCUT2D eigenvalue weighted by atomic mass is 19.3. The summed E-state index contributed by atoms with van der Waals surface area (Å²) in [5.74, 6) is -0.188. The van der Waals surface area contributed by atoms with E-state index in [1.54, 1.807) is 18.2 Å². The van der Waals surface area contributed by atoms with Crippen molar-refractivity contribution in [3.8, 4) is 22.8 Å². The van der Waals surface area contributed by atoms with E-state index in [4.69, 9.17) is 9.15 Å². The van der Waals surface area contributed by atoms with Crippen LogP contribution in [-0.2, 0) is 0 Å². The van der Waals surface area contributed by atoms with Crippen LogP contribution in [0, 0.1) is 0 Å². The quantitative estimate of drug-likeness (QED) is 0.405. The summed E-state index contributed by atoms with van der Waals surface area (Å²) in [7, 11) is 0. The van der Waals surface area contributed by atoms with Crippen LogP contribution >= 0.6 is 0 Å². The van der Waals surface area contributed by atoms with E-state index in [0.717, 1.165) is 21.0 Å². The summed E-state index contributed by atoms with van der Waals surface area (Å²) in [5, 5.41) is 11.8. The summed E-state index contributed by atoms with van der Waals surface area (Å²) in [6.07, 6.45) is -2.82. The lowest BCUT2D eigenvalue weighted by atomic mass is 10.0. The van der Waals surface area contributed by atoms with E-state index in [1.807, 2.05) is 30.3 Å². The summed E-state index contributed by atoms with van der Waals surface area (Å²) in [4.78, 5) is 12.1. The van der Waals surface area contributed by atoms with Gasteiger partial charge in [0, 0.05) is 23.6 Å². The molecule has 0 aliphatic carbocycles. The number of ether oxygens (including phenoxy) is 1. The first-order valence-corrected chi connectivity index (χ1v) is 8.90. The van der Waals surface area contributed by atoms with Crippen LogP contribution in [0.3, 0.4) is 0 Å². The lowest BCUT2D eigenvalue weighted by molar-refractivity contribution is 0.137. The van der Waals surface area contributed by atoms with E-state index in [-0.39, 0.29) is 11.5 Å². The monoisotopic (exact) mass is 406 g/mol. The van der Waals surface area contributed by atoms with Gasteiger partial charge in [-0.3, -0.25) is 0 Å². The predicted octanol–water partition coefficient (Wildman–Crippen LogP) is 4.63. The molecular weight excluding hydrogens is 394 g/mol. The minimum Gasteiger partial charge on any atom is -0.437 e. The normalized spacial score (nSPS) is 11.4. The Morgan fingerprint density at radius 3 is 2.60 bits per heavy atom. The summed E-state index contributed by atoms with van der Waals surface area (Å²) in [5.41, 5.74) is 1.62. The number of hydrogen-bond acceptors (Lipinski definition) is 6. The third-order valence-electron chi connectivity index (χ3n) is 4.48. The first kappa shape index (κ1) is 17.9. The number of nitrogens with zero attached hydrogens (tertiary/aromatic N) is 4. The van der Waals surface area contributed by atoms with E-state index < -0.39 is 17.9 Å². The number of benzene rings is 2. The van der Waals surface area contributed by atoms with E-state index in [2.05, 4.69) is 15.3 Å². The number of fused-ring (bicyclic) bond motifs is 2. The molecule has 0 N–H and O–H groups in total. The highest BCUT2D eigenvalue weighted by Crippen LogP contribution is 2.31. The molecule has 3 aromatic heterocycles. The van der Waals surface area contributed by atoms with Crippen molar-refractivity contribution in [2.24, 2.45) is 0 Å². The van der Waals surface area contributed by atoms with Crippen molar-refractivity contribution >= 4 is 16.6 Å². The van der Waals surface area contributed by atoms with Gasteiger partial charge in [0.1, 0.15) is 11.3 Å². The average molecular weight is 406 g/mol. The molecule has 0 amide bonds. The second-order valence-corrected chi connectivity index (χ2v) is 6.41. The molecule has 5 aromatic rings. The fourth-order valence-corrected chi connectivity index (χ4v) is 3.16. The van der Waals surface area contributed by atoms with Gasteiger partial charge in [0.2, 0.25) is 11.7 Å². The molecule has 0 bridgehead atoms. The topological polar surface area (TPSA) is 82.5 Å². The molecule has 3 heterocycles. The van der Waals surface area contributed by atoms with Crippen molar-refractivity contribution in [3.63, 3.8) is 0 Å². The van der Waals surface area contributed by atoms with Gasteiger partial charge in [-0.15, -0.1) is 15.3 Å². The third kappa shape index (κ3) is 3.16. The van der Waals surface area contributed by atoms with Crippen molar-refractivity contribution in [1.82, 2.24) is 19.8 Å². The van der Waals surface area contributed by atoms with Gasteiger partial charge in [-0.05, 0) is 29.3 Å². The van der Waals surface area contributed by atoms with Gasteiger partial charge in [0.25, 0.3) is 6.43 Å². The van der Waals surface area contributed by atoms with Crippen molar-refractivity contribution in [2.75, 3.05) is 0 Å². The van der Waals surface area contributed by atoms with Crippen LogP contribution in [0.5, 0.6) is 11.6 Å². The first-order chi connectivity index (χ1) is 14.6. The molecule has 9 heteroatoms. The third-order valence-corrected chi connectivity index (χ3v) is 4.48. The predicted molar refractivity (Wildman–Crippen MR) is 104 cm³/mol. The number of alkyl halides is 2. The molecule has 5 rings (SSSR count). The zero-order valence-corrected chi connectivity index (χ0v) is 15.2. The second kappa shape index (κ2) is 7.03. The summed E-state index contributed by atoms with van der Waals surface area (Å²) in [6.45, 7) is 0. The van der Waals surface area contributed by atoms with Crippen molar-refractivity contribution < 1.29 is 17.9 Å². The Morgan fingerprint density at radius 1 is 0.967 bits per heavy atom. The standard InChI is InChI=1S/C21H12F2N4O3/c22-20(23)21-25-24-17-8-9-18(26-27(17)21)29-13-6-7-14-15(12-4-2-1-3-5-12)11-19(28)30-16(14)10-13/h1-11,20H. The highest BCUT2D eigenvalue weighted by molar-refractivity contribution is 5.93. The Balaban J connectivity index is 1.55. The lowest BCUT2D eigenvalue weighted by Gasteiger charge is -2.09. The Bertz CT molecular complexity index is 1430. The molecule has 0 fully saturated rings. The maximum Gasteiger partial charge on any atom is 0.336 e. The summed E-state index contributed by atoms with van der Waals surface area (Å²) < 4.78 is 38.0.